The van der Waals surface area contributed by atoms with Gasteiger partial charge < -0.3 is 14.3 Å². The molecule has 0 saturated heterocycles. The van der Waals surface area contributed by atoms with E-state index in [2.05, 4.69) is 37.7 Å². The minimum absolute atomic E-state index is 0.604. The molecule has 0 spiro atoms. The Morgan fingerprint density at radius 3 is 2.88 bits per heavy atom. The Bertz CT molecular complexity index is 978. The third-order valence-electron chi connectivity index (χ3n) is 3.90. The standard InChI is InChI=1S/C19H18N4OS/c1-24-12-14-6-7-20-15(10-14)13-25-19-21-17-5-4-16(11-18(17)22-19)23-8-2-3-9-23/h2-11H,12-13H2,1H3,(H,21,22). The Labute approximate surface area is 150 Å². The maximum atomic E-state index is 5.17. The summed E-state index contributed by atoms with van der Waals surface area (Å²) in [7, 11) is 1.70. The van der Waals surface area contributed by atoms with E-state index in [0.717, 1.165) is 38.9 Å². The molecule has 6 heteroatoms. The predicted molar refractivity (Wildman–Crippen MR) is 99.9 cm³/mol. The van der Waals surface area contributed by atoms with E-state index in [1.54, 1.807) is 18.9 Å². The van der Waals surface area contributed by atoms with Crippen LogP contribution in [0.15, 0.2) is 66.2 Å². The fourth-order valence-electron chi connectivity index (χ4n) is 2.72. The lowest BCUT2D eigenvalue weighted by Gasteiger charge is -2.02. The summed E-state index contributed by atoms with van der Waals surface area (Å²) in [4.78, 5) is 12.5. The highest BCUT2D eigenvalue weighted by atomic mass is 32.2. The number of ether oxygens (including phenoxy) is 1. The van der Waals surface area contributed by atoms with Crippen LogP contribution < -0.4 is 0 Å². The molecule has 1 N–H and O–H groups in total. The van der Waals surface area contributed by atoms with Gasteiger partial charge in [0.1, 0.15) is 0 Å². The van der Waals surface area contributed by atoms with Gasteiger partial charge in [-0.15, -0.1) is 0 Å². The number of thioether (sulfide) groups is 1. The van der Waals surface area contributed by atoms with E-state index in [-0.39, 0.29) is 0 Å². The summed E-state index contributed by atoms with van der Waals surface area (Å²) in [6.45, 7) is 0.604. The molecule has 3 aromatic heterocycles. The third kappa shape index (κ3) is 3.60. The number of fused-ring (bicyclic) bond motifs is 1. The van der Waals surface area contributed by atoms with Crippen LogP contribution in [-0.4, -0.2) is 26.6 Å². The fraction of sp³-hybridized carbons (Fsp3) is 0.158. The van der Waals surface area contributed by atoms with Crippen molar-refractivity contribution in [2.75, 3.05) is 7.11 Å². The van der Waals surface area contributed by atoms with Crippen LogP contribution in [0, 0.1) is 0 Å². The van der Waals surface area contributed by atoms with Gasteiger partial charge in [0.2, 0.25) is 0 Å². The first-order valence-electron chi connectivity index (χ1n) is 8.00. The van der Waals surface area contributed by atoms with Crippen LogP contribution in [0.1, 0.15) is 11.3 Å². The lowest BCUT2D eigenvalue weighted by atomic mass is 10.2. The Morgan fingerprint density at radius 2 is 2.04 bits per heavy atom. The number of nitrogens with zero attached hydrogens (tertiary/aromatic N) is 3. The van der Waals surface area contributed by atoms with Gasteiger partial charge in [0, 0.05) is 37.1 Å². The minimum Gasteiger partial charge on any atom is -0.380 e. The Balaban J connectivity index is 1.51. The van der Waals surface area contributed by atoms with E-state index < -0.39 is 0 Å². The number of aromatic nitrogens is 4. The molecule has 0 aliphatic rings. The number of H-pyrrole nitrogens is 1. The van der Waals surface area contributed by atoms with Crippen LogP contribution in [0.3, 0.4) is 0 Å². The molecule has 0 unspecified atom stereocenters. The quantitative estimate of drug-likeness (QED) is 0.530. The van der Waals surface area contributed by atoms with Crippen LogP contribution in [0.5, 0.6) is 0 Å². The number of hydrogen-bond donors (Lipinski definition) is 1. The number of rotatable bonds is 6. The zero-order chi connectivity index (χ0) is 17.1. The number of benzene rings is 1. The normalized spacial score (nSPS) is 11.2. The van der Waals surface area contributed by atoms with Gasteiger partial charge in [-0.2, -0.15) is 0 Å². The fourth-order valence-corrected chi connectivity index (χ4v) is 3.50. The molecular formula is C19H18N4OS. The maximum absolute atomic E-state index is 5.17. The molecule has 5 nitrogen and oxygen atoms in total. The molecular weight excluding hydrogens is 332 g/mol. The molecule has 4 rings (SSSR count). The molecule has 0 bridgehead atoms. The van der Waals surface area contributed by atoms with Gasteiger partial charge in [0.25, 0.3) is 0 Å². The van der Waals surface area contributed by atoms with Crippen molar-refractivity contribution in [1.82, 2.24) is 19.5 Å². The summed E-state index contributed by atoms with van der Waals surface area (Å²) < 4.78 is 7.25. The summed E-state index contributed by atoms with van der Waals surface area (Å²) in [5.41, 5.74) is 5.28. The summed E-state index contributed by atoms with van der Waals surface area (Å²) in [6.07, 6.45) is 5.89. The van der Waals surface area contributed by atoms with E-state index in [1.807, 2.05) is 42.9 Å². The van der Waals surface area contributed by atoms with Crippen molar-refractivity contribution in [2.45, 2.75) is 17.5 Å². The molecule has 4 aromatic rings. The van der Waals surface area contributed by atoms with Crippen LogP contribution in [0.25, 0.3) is 16.7 Å². The predicted octanol–water partition coefficient (Wildman–Crippen LogP) is 4.19. The summed E-state index contributed by atoms with van der Waals surface area (Å²) in [6, 6.07) is 14.3. The van der Waals surface area contributed by atoms with Crippen molar-refractivity contribution in [3.8, 4) is 5.69 Å². The van der Waals surface area contributed by atoms with Crippen LogP contribution in [-0.2, 0) is 17.1 Å². The smallest absolute Gasteiger partial charge is 0.166 e. The van der Waals surface area contributed by atoms with Crippen molar-refractivity contribution in [3.05, 3.63) is 72.3 Å². The summed E-state index contributed by atoms with van der Waals surface area (Å²) in [5.74, 6) is 0.766. The molecule has 3 heterocycles. The summed E-state index contributed by atoms with van der Waals surface area (Å²) in [5, 5.41) is 0.901. The van der Waals surface area contributed by atoms with Crippen molar-refractivity contribution < 1.29 is 4.74 Å². The van der Waals surface area contributed by atoms with Gasteiger partial charge in [-0.3, -0.25) is 4.98 Å². The number of methoxy groups -OCH3 is 1. The van der Waals surface area contributed by atoms with Crippen molar-refractivity contribution in [3.63, 3.8) is 0 Å². The van der Waals surface area contributed by atoms with E-state index in [0.29, 0.717) is 6.61 Å². The first-order chi connectivity index (χ1) is 12.3. The summed E-state index contributed by atoms with van der Waals surface area (Å²) >= 11 is 1.65. The van der Waals surface area contributed by atoms with Crippen molar-refractivity contribution in [2.24, 2.45) is 0 Å². The maximum Gasteiger partial charge on any atom is 0.166 e. The minimum atomic E-state index is 0.604. The zero-order valence-corrected chi connectivity index (χ0v) is 14.7. The van der Waals surface area contributed by atoms with Crippen molar-refractivity contribution >= 4 is 22.8 Å². The highest BCUT2D eigenvalue weighted by molar-refractivity contribution is 7.98. The second-order valence-corrected chi connectivity index (χ2v) is 6.67. The largest absolute Gasteiger partial charge is 0.380 e. The third-order valence-corrected chi connectivity index (χ3v) is 4.80. The molecule has 126 valence electrons. The highest BCUT2D eigenvalue weighted by Crippen LogP contribution is 2.24. The SMILES string of the molecule is COCc1ccnc(CSc2nc3ccc(-n4cccc4)cc3[nH]2)c1. The number of pyridine rings is 1. The highest BCUT2D eigenvalue weighted by Gasteiger charge is 2.06. The number of aromatic amines is 1. The lowest BCUT2D eigenvalue weighted by molar-refractivity contribution is 0.185. The van der Waals surface area contributed by atoms with Gasteiger partial charge in [-0.25, -0.2) is 4.98 Å². The van der Waals surface area contributed by atoms with Gasteiger partial charge in [0.05, 0.1) is 23.3 Å². The first-order valence-corrected chi connectivity index (χ1v) is 8.99. The zero-order valence-electron chi connectivity index (χ0n) is 13.8. The Morgan fingerprint density at radius 1 is 1.16 bits per heavy atom. The topological polar surface area (TPSA) is 55.7 Å². The second kappa shape index (κ2) is 7.13. The average Bonchev–Trinajstić information content (AvgIpc) is 3.29. The molecule has 0 radical (unpaired) electrons. The molecule has 0 aliphatic carbocycles. The van der Waals surface area contributed by atoms with E-state index >= 15 is 0 Å². The van der Waals surface area contributed by atoms with Gasteiger partial charge >= 0.3 is 0 Å². The van der Waals surface area contributed by atoms with Gasteiger partial charge in [-0.1, -0.05) is 11.8 Å². The van der Waals surface area contributed by atoms with Crippen molar-refractivity contribution in [1.29, 1.82) is 0 Å². The molecule has 0 fully saturated rings. The molecule has 1 aromatic carbocycles. The van der Waals surface area contributed by atoms with Crippen LogP contribution >= 0.6 is 11.8 Å². The molecule has 25 heavy (non-hydrogen) atoms. The molecule has 0 amide bonds. The molecule has 0 aliphatic heterocycles. The van der Waals surface area contributed by atoms with Crippen LogP contribution in [0.4, 0.5) is 0 Å². The number of nitrogens with one attached hydrogen (secondary N) is 1. The van der Waals surface area contributed by atoms with Gasteiger partial charge in [0.15, 0.2) is 5.16 Å². The number of hydrogen-bond acceptors (Lipinski definition) is 4. The Kier molecular flexibility index (Phi) is 4.54. The Hall–Kier alpha value is -2.57. The van der Waals surface area contributed by atoms with E-state index in [4.69, 9.17) is 4.74 Å². The second-order valence-electron chi connectivity index (χ2n) is 5.71. The van der Waals surface area contributed by atoms with E-state index in [1.165, 1.54) is 0 Å². The lowest BCUT2D eigenvalue weighted by Crippen LogP contribution is -1.92. The number of imidazole rings is 1. The van der Waals surface area contributed by atoms with E-state index in [9.17, 15) is 0 Å². The molecule has 0 saturated carbocycles. The monoisotopic (exact) mass is 350 g/mol. The molecule has 0 atom stereocenters. The van der Waals surface area contributed by atoms with Crippen LogP contribution in [0.2, 0.25) is 0 Å². The van der Waals surface area contributed by atoms with Gasteiger partial charge in [-0.05, 0) is 48.0 Å². The first kappa shape index (κ1) is 15.9. The average molecular weight is 350 g/mol.